The largest absolute Gasteiger partial charge is 0.334 e. The Kier molecular flexibility index (Phi) is 9.43. The summed E-state index contributed by atoms with van der Waals surface area (Å²) in [4.78, 5) is 2.51. The molecule has 1 heteroatoms. The number of hydrogen-bond donors (Lipinski definition) is 0. The molecule has 6 aromatic carbocycles. The number of rotatable bonds is 8. The maximum absolute atomic E-state index is 2.51. The summed E-state index contributed by atoms with van der Waals surface area (Å²) in [6.45, 7) is 0. The van der Waals surface area contributed by atoms with Crippen LogP contribution in [0.1, 0.15) is 41.0 Å². The smallest absolute Gasteiger partial charge is 0.0560 e. The fourth-order valence-corrected chi connectivity index (χ4v) is 10.3. The van der Waals surface area contributed by atoms with E-state index in [1.54, 1.807) is 5.57 Å². The van der Waals surface area contributed by atoms with E-state index < -0.39 is 0 Å². The first-order valence-corrected chi connectivity index (χ1v) is 21.6. The van der Waals surface area contributed by atoms with E-state index >= 15 is 0 Å². The van der Waals surface area contributed by atoms with Crippen LogP contribution in [0.2, 0.25) is 0 Å². The highest BCUT2D eigenvalue weighted by molar-refractivity contribution is 5.88. The van der Waals surface area contributed by atoms with Crippen molar-refractivity contribution in [1.82, 2.24) is 0 Å². The van der Waals surface area contributed by atoms with E-state index in [4.69, 9.17) is 0 Å². The minimum Gasteiger partial charge on any atom is -0.334 e. The van der Waals surface area contributed by atoms with Crippen LogP contribution in [0.4, 0.5) is 11.4 Å². The lowest BCUT2D eigenvalue weighted by Crippen LogP contribution is -2.30. The van der Waals surface area contributed by atoms with Gasteiger partial charge in [0.05, 0.1) is 6.04 Å². The number of anilines is 2. The summed E-state index contributed by atoms with van der Waals surface area (Å²) in [5, 5.41) is 0. The number of fused-ring (bicyclic) bond motifs is 4. The lowest BCUT2D eigenvalue weighted by molar-refractivity contribution is 0.503. The number of para-hydroxylation sites is 1. The number of nitrogens with zero attached hydrogens (tertiary/aromatic N) is 1. The molecule has 5 atom stereocenters. The number of hydrogen-bond acceptors (Lipinski definition) is 1. The van der Waals surface area contributed by atoms with Crippen molar-refractivity contribution in [3.8, 4) is 22.3 Å². The minimum atomic E-state index is 0.162. The topological polar surface area (TPSA) is 3.24 Å². The van der Waals surface area contributed by atoms with Crippen LogP contribution in [0.15, 0.2) is 236 Å². The Morgan fingerprint density at radius 3 is 1.67 bits per heavy atom. The number of benzene rings is 6. The molecule has 0 fully saturated rings. The van der Waals surface area contributed by atoms with E-state index in [0.717, 1.165) is 12.8 Å². The lowest BCUT2D eigenvalue weighted by atomic mass is 9.69. The van der Waals surface area contributed by atoms with Crippen molar-refractivity contribution in [3.63, 3.8) is 0 Å². The standard InChI is InChI=1S/C59H47N/c1-4-14-41(15-5-1)49-38-50(42-16-6-2-7-17-42)40-53(39-49)60(51-19-8-3-9-20-51)52-35-32-46(33-36-52)44-26-24-43(25-27-44)45-28-30-48(31-29-45)58-56-23-13-12-22-55(56)57-37-34-47-18-10-11-21-54(47)59(57)58/h1-30,32-35,37-40,47-48,52,54,58H,31,36H2. The van der Waals surface area contributed by atoms with Gasteiger partial charge in [-0.05, 0) is 116 Å². The van der Waals surface area contributed by atoms with E-state index in [0.29, 0.717) is 23.7 Å². The molecule has 60 heavy (non-hydrogen) atoms. The Morgan fingerprint density at radius 1 is 0.433 bits per heavy atom. The van der Waals surface area contributed by atoms with Crippen LogP contribution in [-0.4, -0.2) is 6.04 Å². The highest BCUT2D eigenvalue weighted by atomic mass is 15.2. The zero-order chi connectivity index (χ0) is 39.8. The van der Waals surface area contributed by atoms with Gasteiger partial charge in [-0.3, -0.25) is 0 Å². The van der Waals surface area contributed by atoms with Crippen LogP contribution in [0.5, 0.6) is 0 Å². The molecule has 0 saturated heterocycles. The third-order valence-corrected chi connectivity index (χ3v) is 13.2. The molecule has 0 heterocycles. The van der Waals surface area contributed by atoms with Crippen LogP contribution in [0.3, 0.4) is 0 Å². The van der Waals surface area contributed by atoms with Gasteiger partial charge in [-0.1, -0.05) is 200 Å². The van der Waals surface area contributed by atoms with Gasteiger partial charge in [0.2, 0.25) is 0 Å². The van der Waals surface area contributed by atoms with Crippen molar-refractivity contribution in [2.24, 2.45) is 17.8 Å². The minimum absolute atomic E-state index is 0.162. The van der Waals surface area contributed by atoms with Crippen molar-refractivity contribution in [2.45, 2.75) is 24.8 Å². The Morgan fingerprint density at radius 2 is 1.03 bits per heavy atom. The highest BCUT2D eigenvalue weighted by Crippen LogP contribution is 2.55. The van der Waals surface area contributed by atoms with Gasteiger partial charge in [-0.2, -0.15) is 0 Å². The Balaban J connectivity index is 0.834. The molecule has 5 aliphatic carbocycles. The molecular weight excluding hydrogens is 723 g/mol. The van der Waals surface area contributed by atoms with Gasteiger partial charge in [0.1, 0.15) is 0 Å². The third kappa shape index (κ3) is 6.71. The highest BCUT2D eigenvalue weighted by Gasteiger charge is 2.41. The first-order valence-electron chi connectivity index (χ1n) is 21.6. The fraction of sp³-hybridized carbons (Fsp3) is 0.119. The van der Waals surface area contributed by atoms with Gasteiger partial charge in [0.15, 0.2) is 0 Å². The second-order valence-electron chi connectivity index (χ2n) is 16.7. The Hall–Kier alpha value is -6.96. The lowest BCUT2D eigenvalue weighted by Gasteiger charge is -2.34. The molecular formula is C59H47N. The summed E-state index contributed by atoms with van der Waals surface area (Å²) in [7, 11) is 0. The van der Waals surface area contributed by atoms with E-state index in [1.165, 1.54) is 72.6 Å². The van der Waals surface area contributed by atoms with Gasteiger partial charge in [0, 0.05) is 29.1 Å². The zero-order valence-electron chi connectivity index (χ0n) is 33.7. The van der Waals surface area contributed by atoms with E-state index in [1.807, 2.05) is 0 Å². The fourth-order valence-electron chi connectivity index (χ4n) is 10.3. The summed E-state index contributed by atoms with van der Waals surface area (Å²) in [5.74, 6) is 1.75. The quantitative estimate of drug-likeness (QED) is 0.149. The molecule has 0 radical (unpaired) electrons. The second kappa shape index (κ2) is 15.7. The molecule has 0 N–H and O–H groups in total. The van der Waals surface area contributed by atoms with Gasteiger partial charge >= 0.3 is 0 Å². The molecule has 6 aromatic rings. The van der Waals surface area contributed by atoms with Crippen LogP contribution >= 0.6 is 0 Å². The first-order chi connectivity index (χ1) is 29.7. The third-order valence-electron chi connectivity index (χ3n) is 13.2. The van der Waals surface area contributed by atoms with Crippen LogP contribution in [0.25, 0.3) is 39.0 Å². The normalized spacial score (nSPS) is 22.2. The maximum atomic E-state index is 2.51. The van der Waals surface area contributed by atoms with E-state index in [2.05, 4.69) is 236 Å². The Bertz CT molecular complexity index is 2750. The summed E-state index contributed by atoms with van der Waals surface area (Å²) >= 11 is 0. The molecule has 0 bridgehead atoms. The first kappa shape index (κ1) is 36.1. The molecule has 5 unspecified atom stereocenters. The van der Waals surface area contributed by atoms with E-state index in [-0.39, 0.29) is 6.04 Å². The molecule has 0 saturated carbocycles. The van der Waals surface area contributed by atoms with Crippen LogP contribution in [-0.2, 0) is 0 Å². The monoisotopic (exact) mass is 769 g/mol. The summed E-state index contributed by atoms with van der Waals surface area (Å²) in [6, 6.07) is 57.9. The molecule has 0 amide bonds. The molecule has 1 nitrogen and oxygen atoms in total. The molecule has 0 aromatic heterocycles. The van der Waals surface area contributed by atoms with E-state index in [9.17, 15) is 0 Å². The number of allylic oxidation sites excluding steroid dienone is 14. The van der Waals surface area contributed by atoms with Crippen molar-refractivity contribution >= 4 is 28.1 Å². The maximum Gasteiger partial charge on any atom is 0.0560 e. The second-order valence-corrected chi connectivity index (χ2v) is 16.7. The summed E-state index contributed by atoms with van der Waals surface area (Å²) in [6.07, 6.45) is 30.5. The van der Waals surface area contributed by atoms with Gasteiger partial charge < -0.3 is 4.90 Å². The zero-order valence-corrected chi connectivity index (χ0v) is 33.7. The average molecular weight is 770 g/mol. The van der Waals surface area contributed by atoms with Gasteiger partial charge in [-0.15, -0.1) is 0 Å². The molecule has 5 aliphatic rings. The SMILES string of the molecule is C1=CC2C=CC3=C(C2C=C1)C(C1C=CC(c2ccc(C4=CCC(N(c5ccccc5)c5cc(-c6ccccc6)cc(-c6ccccc6)c5)C=C4)cc2)=CC1)c1ccccc13. The van der Waals surface area contributed by atoms with Gasteiger partial charge in [0.25, 0.3) is 0 Å². The van der Waals surface area contributed by atoms with Crippen molar-refractivity contribution in [1.29, 1.82) is 0 Å². The summed E-state index contributed by atoms with van der Waals surface area (Å²) in [5.41, 5.74) is 18.3. The van der Waals surface area contributed by atoms with Crippen molar-refractivity contribution < 1.29 is 0 Å². The van der Waals surface area contributed by atoms with Crippen molar-refractivity contribution in [2.75, 3.05) is 4.90 Å². The van der Waals surface area contributed by atoms with Crippen LogP contribution in [0, 0.1) is 17.8 Å². The van der Waals surface area contributed by atoms with Gasteiger partial charge in [-0.25, -0.2) is 0 Å². The molecule has 11 rings (SSSR count). The average Bonchev–Trinajstić information content (AvgIpc) is 3.68. The predicted octanol–water partition coefficient (Wildman–Crippen LogP) is 15.0. The Labute approximate surface area is 354 Å². The van der Waals surface area contributed by atoms with Crippen LogP contribution < -0.4 is 4.90 Å². The molecule has 0 aliphatic heterocycles. The molecule has 288 valence electrons. The predicted molar refractivity (Wildman–Crippen MR) is 254 cm³/mol. The van der Waals surface area contributed by atoms with Crippen molar-refractivity contribution in [3.05, 3.63) is 258 Å². The summed E-state index contributed by atoms with van der Waals surface area (Å²) < 4.78 is 0. The molecule has 0 spiro atoms.